The van der Waals surface area contributed by atoms with Gasteiger partial charge in [0.1, 0.15) is 0 Å². The zero-order chi connectivity index (χ0) is 12.4. The Bertz CT molecular complexity index is 529. The van der Waals surface area contributed by atoms with Crippen LogP contribution in [0.5, 0.6) is 0 Å². The van der Waals surface area contributed by atoms with Gasteiger partial charge in [0.2, 0.25) is 0 Å². The van der Waals surface area contributed by atoms with E-state index in [1.807, 2.05) is 26.0 Å². The molecule has 2 aromatic rings. The van der Waals surface area contributed by atoms with Crippen LogP contribution in [0.25, 0.3) is 0 Å². The van der Waals surface area contributed by atoms with Crippen LogP contribution in [0.1, 0.15) is 20.9 Å². The van der Waals surface area contributed by atoms with Crippen LogP contribution in [-0.4, -0.2) is 10.9 Å². The van der Waals surface area contributed by atoms with Gasteiger partial charge in [-0.1, -0.05) is 15.9 Å². The summed E-state index contributed by atoms with van der Waals surface area (Å²) in [5.41, 5.74) is 1.58. The molecule has 1 amide bonds. The lowest BCUT2D eigenvalue weighted by molar-refractivity contribution is 0.102. The second-order valence-corrected chi connectivity index (χ2v) is 5.74. The summed E-state index contributed by atoms with van der Waals surface area (Å²) in [6, 6.07) is 7.22. The zero-order valence-electron chi connectivity index (χ0n) is 9.45. The average molecular weight is 311 g/mol. The number of benzene rings is 1. The van der Waals surface area contributed by atoms with Crippen LogP contribution in [0.3, 0.4) is 0 Å². The summed E-state index contributed by atoms with van der Waals surface area (Å²) in [6.07, 6.45) is 0. The van der Waals surface area contributed by atoms with Gasteiger partial charge in [-0.15, -0.1) is 11.3 Å². The molecule has 2 rings (SSSR count). The summed E-state index contributed by atoms with van der Waals surface area (Å²) in [5.74, 6) is -0.133. The molecule has 0 saturated heterocycles. The summed E-state index contributed by atoms with van der Waals surface area (Å²) in [5, 5.41) is 3.44. The molecule has 1 aromatic carbocycles. The van der Waals surface area contributed by atoms with Crippen molar-refractivity contribution in [2.24, 2.45) is 0 Å². The van der Waals surface area contributed by atoms with E-state index in [4.69, 9.17) is 0 Å². The molecule has 0 radical (unpaired) electrons. The number of aromatic nitrogens is 1. The molecule has 0 atom stereocenters. The third-order valence-corrected chi connectivity index (χ3v) is 3.87. The minimum Gasteiger partial charge on any atom is -0.298 e. The van der Waals surface area contributed by atoms with Gasteiger partial charge in [-0.25, -0.2) is 4.98 Å². The maximum absolute atomic E-state index is 11.9. The number of halogens is 1. The molecule has 0 fully saturated rings. The van der Waals surface area contributed by atoms with Crippen molar-refractivity contribution < 1.29 is 4.79 Å². The molecular weight excluding hydrogens is 300 g/mol. The smallest absolute Gasteiger partial charge is 0.257 e. The largest absolute Gasteiger partial charge is 0.298 e. The summed E-state index contributed by atoms with van der Waals surface area (Å²) in [4.78, 5) is 17.3. The molecule has 1 N–H and O–H groups in total. The number of anilines is 1. The van der Waals surface area contributed by atoms with Gasteiger partial charge >= 0.3 is 0 Å². The highest BCUT2D eigenvalue weighted by atomic mass is 79.9. The second kappa shape index (κ2) is 4.98. The lowest BCUT2D eigenvalue weighted by Gasteiger charge is -2.01. The number of amides is 1. The van der Waals surface area contributed by atoms with E-state index in [0.29, 0.717) is 10.7 Å². The number of carbonyl (C=O) groups is 1. The molecule has 5 heteroatoms. The molecule has 0 unspecified atom stereocenters. The molecule has 1 heterocycles. The Kier molecular flexibility index (Phi) is 3.59. The lowest BCUT2D eigenvalue weighted by atomic mass is 10.2. The minimum atomic E-state index is -0.133. The second-order valence-electron chi connectivity index (χ2n) is 3.62. The maximum Gasteiger partial charge on any atom is 0.257 e. The topological polar surface area (TPSA) is 42.0 Å². The third kappa shape index (κ3) is 2.92. The van der Waals surface area contributed by atoms with Crippen LogP contribution >= 0.6 is 27.3 Å². The fourth-order valence-electron chi connectivity index (χ4n) is 1.30. The van der Waals surface area contributed by atoms with Crippen LogP contribution in [0.4, 0.5) is 5.13 Å². The Hall–Kier alpha value is -1.20. The van der Waals surface area contributed by atoms with E-state index in [9.17, 15) is 4.79 Å². The predicted octanol–water partition coefficient (Wildman–Crippen LogP) is 3.77. The highest BCUT2D eigenvalue weighted by Crippen LogP contribution is 2.21. The Labute approximate surface area is 112 Å². The van der Waals surface area contributed by atoms with Gasteiger partial charge in [0, 0.05) is 14.9 Å². The van der Waals surface area contributed by atoms with E-state index >= 15 is 0 Å². The number of rotatable bonds is 2. The number of aryl methyl sites for hydroxylation is 2. The van der Waals surface area contributed by atoms with Gasteiger partial charge in [-0.2, -0.15) is 0 Å². The third-order valence-electron chi connectivity index (χ3n) is 2.36. The monoisotopic (exact) mass is 310 g/mol. The maximum atomic E-state index is 11.9. The average Bonchev–Trinajstić information content (AvgIpc) is 2.58. The van der Waals surface area contributed by atoms with Crippen LogP contribution in [0.2, 0.25) is 0 Å². The van der Waals surface area contributed by atoms with E-state index in [0.717, 1.165) is 15.0 Å². The Morgan fingerprint density at radius 2 is 1.94 bits per heavy atom. The lowest BCUT2D eigenvalue weighted by Crippen LogP contribution is -2.11. The first kappa shape index (κ1) is 12.3. The van der Waals surface area contributed by atoms with Gasteiger partial charge in [0.05, 0.1) is 5.69 Å². The van der Waals surface area contributed by atoms with Crippen LogP contribution in [-0.2, 0) is 0 Å². The van der Waals surface area contributed by atoms with Crippen molar-refractivity contribution in [1.82, 2.24) is 4.98 Å². The number of carbonyl (C=O) groups excluding carboxylic acids is 1. The van der Waals surface area contributed by atoms with Crippen molar-refractivity contribution >= 4 is 38.3 Å². The van der Waals surface area contributed by atoms with Crippen LogP contribution < -0.4 is 5.32 Å². The molecule has 0 saturated carbocycles. The van der Waals surface area contributed by atoms with Gasteiger partial charge < -0.3 is 0 Å². The molecule has 0 spiro atoms. The van der Waals surface area contributed by atoms with Crippen molar-refractivity contribution in [3.63, 3.8) is 0 Å². The van der Waals surface area contributed by atoms with Crippen LogP contribution in [0, 0.1) is 13.8 Å². The van der Waals surface area contributed by atoms with Crippen molar-refractivity contribution in [3.8, 4) is 0 Å². The van der Waals surface area contributed by atoms with E-state index < -0.39 is 0 Å². The number of nitrogens with zero attached hydrogens (tertiary/aromatic N) is 1. The SMILES string of the molecule is Cc1nc(NC(=O)c2ccc(Br)cc2)sc1C. The summed E-state index contributed by atoms with van der Waals surface area (Å²) < 4.78 is 0.954. The Morgan fingerprint density at radius 1 is 1.29 bits per heavy atom. The summed E-state index contributed by atoms with van der Waals surface area (Å²) >= 11 is 4.82. The number of hydrogen-bond donors (Lipinski definition) is 1. The minimum absolute atomic E-state index is 0.133. The molecule has 0 aliphatic rings. The fraction of sp³-hybridized carbons (Fsp3) is 0.167. The van der Waals surface area contributed by atoms with Gasteiger partial charge in [-0.05, 0) is 38.1 Å². The van der Waals surface area contributed by atoms with E-state index in [1.165, 1.54) is 11.3 Å². The number of thiazole rings is 1. The van der Waals surface area contributed by atoms with Gasteiger partial charge in [-0.3, -0.25) is 10.1 Å². The molecule has 1 aromatic heterocycles. The molecule has 3 nitrogen and oxygen atoms in total. The molecular formula is C12H11BrN2OS. The molecule has 0 bridgehead atoms. The predicted molar refractivity (Wildman–Crippen MR) is 73.7 cm³/mol. The molecule has 17 heavy (non-hydrogen) atoms. The highest BCUT2D eigenvalue weighted by Gasteiger charge is 2.09. The number of hydrogen-bond acceptors (Lipinski definition) is 3. The molecule has 88 valence electrons. The van der Waals surface area contributed by atoms with Gasteiger partial charge in [0.15, 0.2) is 5.13 Å². The van der Waals surface area contributed by atoms with Crippen molar-refractivity contribution in [2.45, 2.75) is 13.8 Å². The first-order chi connectivity index (χ1) is 8.06. The first-order valence-corrected chi connectivity index (χ1v) is 6.68. The van der Waals surface area contributed by atoms with Crippen molar-refractivity contribution in [3.05, 3.63) is 44.9 Å². The number of nitrogens with one attached hydrogen (secondary N) is 1. The fourth-order valence-corrected chi connectivity index (χ4v) is 2.37. The Balaban J connectivity index is 2.14. The highest BCUT2D eigenvalue weighted by molar-refractivity contribution is 9.10. The van der Waals surface area contributed by atoms with Gasteiger partial charge in [0.25, 0.3) is 5.91 Å². The van der Waals surface area contributed by atoms with E-state index in [-0.39, 0.29) is 5.91 Å². The summed E-state index contributed by atoms with van der Waals surface area (Å²) in [7, 11) is 0. The van der Waals surface area contributed by atoms with Crippen LogP contribution in [0.15, 0.2) is 28.7 Å². The zero-order valence-corrected chi connectivity index (χ0v) is 11.9. The molecule has 0 aliphatic carbocycles. The van der Waals surface area contributed by atoms with E-state index in [1.54, 1.807) is 12.1 Å². The van der Waals surface area contributed by atoms with Crippen molar-refractivity contribution in [1.29, 1.82) is 0 Å². The quantitative estimate of drug-likeness (QED) is 0.917. The first-order valence-electron chi connectivity index (χ1n) is 5.07. The standard InChI is InChI=1S/C12H11BrN2OS/c1-7-8(2)17-12(14-7)15-11(16)9-3-5-10(13)6-4-9/h3-6H,1-2H3,(H,14,15,16). The summed E-state index contributed by atoms with van der Waals surface area (Å²) in [6.45, 7) is 3.92. The van der Waals surface area contributed by atoms with Crippen molar-refractivity contribution in [2.75, 3.05) is 5.32 Å². The molecule has 0 aliphatic heterocycles. The Morgan fingerprint density at radius 3 is 2.47 bits per heavy atom. The van der Waals surface area contributed by atoms with E-state index in [2.05, 4.69) is 26.2 Å². The normalized spacial score (nSPS) is 10.3.